The summed E-state index contributed by atoms with van der Waals surface area (Å²) in [6, 6.07) is 11.8. The van der Waals surface area contributed by atoms with Gasteiger partial charge in [-0.15, -0.1) is 6.42 Å². The zero-order valence-corrected chi connectivity index (χ0v) is 9.13. The van der Waals surface area contributed by atoms with Gasteiger partial charge in [0.25, 0.3) is 0 Å². The van der Waals surface area contributed by atoms with E-state index in [-0.39, 0.29) is 5.82 Å². The number of rotatable bonds is 1. The predicted molar refractivity (Wildman–Crippen MR) is 64.8 cm³/mol. The molecule has 0 nitrogen and oxygen atoms in total. The van der Waals surface area contributed by atoms with Crippen LogP contribution in [0.1, 0.15) is 5.56 Å². The van der Waals surface area contributed by atoms with Gasteiger partial charge in [0.05, 0.1) is 0 Å². The maximum atomic E-state index is 13.7. The van der Waals surface area contributed by atoms with Crippen molar-refractivity contribution in [2.24, 2.45) is 0 Å². The van der Waals surface area contributed by atoms with Gasteiger partial charge >= 0.3 is 0 Å². The van der Waals surface area contributed by atoms with Gasteiger partial charge in [0, 0.05) is 21.7 Å². The molecule has 2 rings (SSSR count). The first kappa shape index (κ1) is 10.7. The summed E-state index contributed by atoms with van der Waals surface area (Å²) in [5, 5.41) is 0.523. The van der Waals surface area contributed by atoms with Crippen LogP contribution < -0.4 is 0 Å². The maximum Gasteiger partial charge on any atom is 0.132 e. The summed E-state index contributed by atoms with van der Waals surface area (Å²) in [6.07, 6.45) is 5.19. The molecule has 2 heteroatoms. The van der Waals surface area contributed by atoms with E-state index in [1.165, 1.54) is 6.07 Å². The number of terminal acetylenes is 1. The quantitative estimate of drug-likeness (QED) is 0.647. The van der Waals surface area contributed by atoms with Crippen LogP contribution in [-0.2, 0) is 0 Å². The van der Waals surface area contributed by atoms with Crippen LogP contribution in [0.3, 0.4) is 0 Å². The Morgan fingerprint density at radius 2 is 1.81 bits per heavy atom. The molecule has 0 saturated heterocycles. The second kappa shape index (κ2) is 4.38. The number of hydrogen-bond donors (Lipinski definition) is 0. The van der Waals surface area contributed by atoms with Gasteiger partial charge in [-0.25, -0.2) is 4.39 Å². The Hall–Kier alpha value is -1.78. The molecule has 0 N–H and O–H groups in total. The first-order chi connectivity index (χ1) is 7.72. The van der Waals surface area contributed by atoms with Gasteiger partial charge in [-0.2, -0.15) is 0 Å². The van der Waals surface area contributed by atoms with E-state index in [9.17, 15) is 4.39 Å². The molecule has 2 aromatic rings. The lowest BCUT2D eigenvalue weighted by Gasteiger charge is -2.05. The lowest BCUT2D eigenvalue weighted by Crippen LogP contribution is -1.86. The lowest BCUT2D eigenvalue weighted by atomic mass is 10.0. The van der Waals surface area contributed by atoms with Crippen molar-refractivity contribution in [1.82, 2.24) is 0 Å². The Kier molecular flexibility index (Phi) is 2.94. The molecular weight excluding hydrogens is 223 g/mol. The predicted octanol–water partition coefficient (Wildman–Crippen LogP) is 4.13. The third kappa shape index (κ3) is 1.93. The van der Waals surface area contributed by atoms with Crippen LogP contribution in [0.2, 0.25) is 5.02 Å². The minimum absolute atomic E-state index is 0.358. The van der Waals surface area contributed by atoms with Gasteiger partial charge in [-0.05, 0) is 18.2 Å². The molecule has 0 spiro atoms. The second-order valence-electron chi connectivity index (χ2n) is 3.32. The van der Waals surface area contributed by atoms with E-state index in [4.69, 9.17) is 18.0 Å². The molecule has 0 fully saturated rings. The lowest BCUT2D eigenvalue weighted by molar-refractivity contribution is 0.631. The first-order valence-corrected chi connectivity index (χ1v) is 5.11. The van der Waals surface area contributed by atoms with Gasteiger partial charge in [0.2, 0.25) is 0 Å². The van der Waals surface area contributed by atoms with Crippen molar-refractivity contribution in [2.45, 2.75) is 0 Å². The van der Waals surface area contributed by atoms with Gasteiger partial charge in [0.15, 0.2) is 0 Å². The molecule has 16 heavy (non-hydrogen) atoms. The molecule has 0 aromatic heterocycles. The molecule has 0 aliphatic rings. The fourth-order valence-corrected chi connectivity index (χ4v) is 1.74. The van der Waals surface area contributed by atoms with Crippen molar-refractivity contribution in [3.05, 3.63) is 58.9 Å². The summed E-state index contributed by atoms with van der Waals surface area (Å²) in [5.41, 5.74) is 1.66. The Bertz CT molecular complexity index is 567. The van der Waals surface area contributed by atoms with E-state index >= 15 is 0 Å². The monoisotopic (exact) mass is 230 g/mol. The van der Waals surface area contributed by atoms with Crippen molar-refractivity contribution >= 4 is 11.6 Å². The average molecular weight is 231 g/mol. The fraction of sp³-hybridized carbons (Fsp3) is 0. The highest BCUT2D eigenvalue weighted by Gasteiger charge is 2.08. The molecular formula is C14H8ClF. The highest BCUT2D eigenvalue weighted by atomic mass is 35.5. The summed E-state index contributed by atoms with van der Waals surface area (Å²) in [6.45, 7) is 0. The van der Waals surface area contributed by atoms with E-state index in [0.717, 1.165) is 0 Å². The van der Waals surface area contributed by atoms with Gasteiger partial charge in [-0.3, -0.25) is 0 Å². The zero-order valence-electron chi connectivity index (χ0n) is 8.37. The van der Waals surface area contributed by atoms with Crippen LogP contribution in [0.4, 0.5) is 4.39 Å². The summed E-state index contributed by atoms with van der Waals surface area (Å²) < 4.78 is 13.7. The van der Waals surface area contributed by atoms with Crippen molar-refractivity contribution in [3.8, 4) is 23.5 Å². The minimum Gasteiger partial charge on any atom is -0.206 e. The summed E-state index contributed by atoms with van der Waals surface area (Å²) in [7, 11) is 0. The van der Waals surface area contributed by atoms with E-state index in [1.807, 2.05) is 6.07 Å². The van der Waals surface area contributed by atoms with Gasteiger partial charge in [0.1, 0.15) is 5.82 Å². The van der Waals surface area contributed by atoms with Crippen LogP contribution in [0, 0.1) is 18.2 Å². The summed E-state index contributed by atoms with van der Waals surface area (Å²) >= 11 is 6.00. The second-order valence-corrected chi connectivity index (χ2v) is 3.73. The van der Waals surface area contributed by atoms with Gasteiger partial charge in [-0.1, -0.05) is 41.8 Å². The van der Waals surface area contributed by atoms with Crippen molar-refractivity contribution in [1.29, 1.82) is 0 Å². The number of halogens is 2. The molecule has 2 aromatic carbocycles. The molecule has 0 aliphatic carbocycles. The van der Waals surface area contributed by atoms with Crippen LogP contribution in [0.15, 0.2) is 42.5 Å². The van der Waals surface area contributed by atoms with E-state index < -0.39 is 0 Å². The summed E-state index contributed by atoms with van der Waals surface area (Å²) in [4.78, 5) is 0. The normalized spacial score (nSPS) is 9.81. The van der Waals surface area contributed by atoms with Crippen LogP contribution >= 0.6 is 11.6 Å². The SMILES string of the molecule is C#Cc1ccc(-c2ccccc2Cl)c(F)c1. The topological polar surface area (TPSA) is 0 Å². The Labute approximate surface area is 98.7 Å². The smallest absolute Gasteiger partial charge is 0.132 e. The third-order valence-corrected chi connectivity index (χ3v) is 2.63. The molecule has 78 valence electrons. The van der Waals surface area contributed by atoms with Crippen molar-refractivity contribution < 1.29 is 4.39 Å². The standard InChI is InChI=1S/C14H8ClF/c1-2-10-7-8-12(14(16)9-10)11-5-3-4-6-13(11)15/h1,3-9H. The Morgan fingerprint density at radius 1 is 1.06 bits per heavy atom. The van der Waals surface area contributed by atoms with Crippen molar-refractivity contribution in [2.75, 3.05) is 0 Å². The molecule has 0 radical (unpaired) electrons. The van der Waals surface area contributed by atoms with E-state index in [0.29, 0.717) is 21.7 Å². The molecule has 0 heterocycles. The van der Waals surface area contributed by atoms with Crippen LogP contribution in [-0.4, -0.2) is 0 Å². The van der Waals surface area contributed by atoms with E-state index in [2.05, 4.69) is 5.92 Å². The van der Waals surface area contributed by atoms with Crippen molar-refractivity contribution in [3.63, 3.8) is 0 Å². The largest absolute Gasteiger partial charge is 0.206 e. The van der Waals surface area contributed by atoms with Crippen LogP contribution in [0.5, 0.6) is 0 Å². The number of hydrogen-bond acceptors (Lipinski definition) is 0. The maximum absolute atomic E-state index is 13.7. The summed E-state index contributed by atoms with van der Waals surface area (Å²) in [5.74, 6) is 2.03. The molecule has 0 aliphatic heterocycles. The highest BCUT2D eigenvalue weighted by Crippen LogP contribution is 2.29. The molecule has 0 bridgehead atoms. The first-order valence-electron chi connectivity index (χ1n) is 4.73. The molecule has 0 unspecified atom stereocenters. The zero-order chi connectivity index (χ0) is 11.5. The minimum atomic E-state index is -0.358. The molecule has 0 amide bonds. The average Bonchev–Trinajstić information content (AvgIpc) is 2.30. The van der Waals surface area contributed by atoms with Crippen LogP contribution in [0.25, 0.3) is 11.1 Å². The Morgan fingerprint density at radius 3 is 2.44 bits per heavy atom. The van der Waals surface area contributed by atoms with E-state index in [1.54, 1.807) is 30.3 Å². The highest BCUT2D eigenvalue weighted by molar-refractivity contribution is 6.33. The third-order valence-electron chi connectivity index (χ3n) is 2.30. The fourth-order valence-electron chi connectivity index (χ4n) is 1.50. The number of benzene rings is 2. The Balaban J connectivity index is 2.58. The van der Waals surface area contributed by atoms with Gasteiger partial charge < -0.3 is 0 Å². The molecule has 0 atom stereocenters. The molecule has 0 saturated carbocycles.